The number of nitrogens with one attached hydrogen (secondary N) is 1. The smallest absolute Gasteiger partial charge is 0.242 e. The summed E-state index contributed by atoms with van der Waals surface area (Å²) in [7, 11) is 0. The summed E-state index contributed by atoms with van der Waals surface area (Å²) in [6.07, 6.45) is 7.08. The van der Waals surface area contributed by atoms with Gasteiger partial charge in [0.15, 0.2) is 0 Å². The molecule has 1 amide bonds. The van der Waals surface area contributed by atoms with Crippen LogP contribution in [0.2, 0.25) is 0 Å². The van der Waals surface area contributed by atoms with Crippen LogP contribution in [0.5, 0.6) is 0 Å². The lowest BCUT2D eigenvalue weighted by Crippen LogP contribution is -2.67. The molecule has 0 aromatic heterocycles. The zero-order valence-corrected chi connectivity index (χ0v) is 12.2. The van der Waals surface area contributed by atoms with Gasteiger partial charge in [0.2, 0.25) is 5.91 Å². The summed E-state index contributed by atoms with van der Waals surface area (Å²) in [6, 6.07) is 0.571. The Morgan fingerprint density at radius 1 is 1.05 bits per heavy atom. The highest BCUT2D eigenvalue weighted by Gasteiger charge is 2.52. The van der Waals surface area contributed by atoms with Crippen LogP contribution in [0.3, 0.4) is 0 Å². The van der Waals surface area contributed by atoms with E-state index >= 15 is 0 Å². The molecule has 1 aliphatic heterocycles. The van der Waals surface area contributed by atoms with Crippen molar-refractivity contribution in [2.24, 2.45) is 23.7 Å². The van der Waals surface area contributed by atoms with E-state index < -0.39 is 0 Å². The lowest BCUT2D eigenvalue weighted by molar-refractivity contribution is -0.153. The minimum atomic E-state index is -0.354. The van der Waals surface area contributed by atoms with Gasteiger partial charge in [-0.25, -0.2) is 0 Å². The molecule has 4 aliphatic carbocycles. The van der Waals surface area contributed by atoms with E-state index in [0.717, 1.165) is 36.8 Å². The van der Waals surface area contributed by atoms with Gasteiger partial charge in [-0.15, -0.1) is 0 Å². The summed E-state index contributed by atoms with van der Waals surface area (Å²) in [5.41, 5.74) is -0.354. The number of piperazine rings is 1. The van der Waals surface area contributed by atoms with Crippen LogP contribution < -0.4 is 5.32 Å². The maximum Gasteiger partial charge on any atom is 0.242 e. The Balaban J connectivity index is 1.60. The molecule has 3 heteroatoms. The largest absolute Gasteiger partial charge is 0.336 e. The molecular formula is C16H26N2O. The van der Waals surface area contributed by atoms with Crippen LogP contribution >= 0.6 is 0 Å². The Morgan fingerprint density at radius 2 is 1.63 bits per heavy atom. The maximum atomic E-state index is 12.7. The summed E-state index contributed by atoms with van der Waals surface area (Å²) in [4.78, 5) is 15.0. The van der Waals surface area contributed by atoms with Crippen LogP contribution in [-0.2, 0) is 4.79 Å². The molecule has 4 saturated carbocycles. The van der Waals surface area contributed by atoms with Gasteiger partial charge in [0.05, 0.1) is 5.54 Å². The number of hydrogen-bond donors (Lipinski definition) is 1. The summed E-state index contributed by atoms with van der Waals surface area (Å²) in [6.45, 7) is 5.96. The Kier molecular flexibility index (Phi) is 2.55. The highest BCUT2D eigenvalue weighted by molar-refractivity contribution is 5.86. The zero-order chi connectivity index (χ0) is 13.2. The van der Waals surface area contributed by atoms with Gasteiger partial charge in [-0.3, -0.25) is 4.79 Å². The second-order valence-electron chi connectivity index (χ2n) is 7.97. The first-order valence-corrected chi connectivity index (χ1v) is 8.10. The molecule has 5 aliphatic rings. The molecule has 1 N–H and O–H groups in total. The Morgan fingerprint density at radius 3 is 2.21 bits per heavy atom. The van der Waals surface area contributed by atoms with E-state index in [1.807, 2.05) is 13.8 Å². The quantitative estimate of drug-likeness (QED) is 0.784. The molecule has 0 spiro atoms. The summed E-state index contributed by atoms with van der Waals surface area (Å²) >= 11 is 0. The predicted molar refractivity (Wildman–Crippen MR) is 74.6 cm³/mol. The van der Waals surface area contributed by atoms with E-state index in [1.165, 1.54) is 32.1 Å². The minimum absolute atomic E-state index is 0.344. The molecule has 4 bridgehead atoms. The van der Waals surface area contributed by atoms with Gasteiger partial charge in [0.1, 0.15) is 0 Å². The number of amides is 1. The molecule has 0 unspecified atom stereocenters. The standard InChI is InChI=1S/C16H26N2O/c1-16(2)15(19)18(4-3-17-16)14-12-6-10-5-11(8-12)9-13(14)7-10/h10-14,17H,3-9H2,1-2H3. The normalized spacial score (nSPS) is 47.8. The van der Waals surface area contributed by atoms with Crippen molar-refractivity contribution in [1.82, 2.24) is 10.2 Å². The van der Waals surface area contributed by atoms with Crippen molar-refractivity contribution in [3.8, 4) is 0 Å². The lowest BCUT2D eigenvalue weighted by Gasteiger charge is -2.58. The molecule has 0 radical (unpaired) electrons. The highest BCUT2D eigenvalue weighted by atomic mass is 16.2. The SMILES string of the molecule is CC1(C)NCCN(C2C3CC4CC(C3)CC2C4)C1=O. The zero-order valence-electron chi connectivity index (χ0n) is 12.2. The number of rotatable bonds is 1. The first-order chi connectivity index (χ1) is 9.04. The predicted octanol–water partition coefficient (Wildman–Crippen LogP) is 2.02. The molecule has 19 heavy (non-hydrogen) atoms. The van der Waals surface area contributed by atoms with Crippen LogP contribution in [0.4, 0.5) is 0 Å². The Hall–Kier alpha value is -0.570. The monoisotopic (exact) mass is 262 g/mol. The number of carbonyl (C=O) groups excluding carboxylic acids is 1. The topological polar surface area (TPSA) is 32.3 Å². The fourth-order valence-electron chi connectivity index (χ4n) is 5.71. The van der Waals surface area contributed by atoms with Gasteiger partial charge in [-0.1, -0.05) is 0 Å². The van der Waals surface area contributed by atoms with E-state index in [2.05, 4.69) is 10.2 Å². The summed E-state index contributed by atoms with van der Waals surface area (Å²) in [5, 5.41) is 3.37. The number of nitrogens with zero attached hydrogens (tertiary/aromatic N) is 1. The van der Waals surface area contributed by atoms with Gasteiger partial charge < -0.3 is 10.2 Å². The minimum Gasteiger partial charge on any atom is -0.336 e. The second kappa shape index (κ2) is 3.97. The molecule has 0 aromatic carbocycles. The van der Waals surface area contributed by atoms with Gasteiger partial charge in [0.25, 0.3) is 0 Å². The van der Waals surface area contributed by atoms with Crippen LogP contribution in [0.1, 0.15) is 46.0 Å². The van der Waals surface area contributed by atoms with E-state index in [4.69, 9.17) is 0 Å². The van der Waals surface area contributed by atoms with Crippen molar-refractivity contribution in [3.63, 3.8) is 0 Å². The Labute approximate surface area is 116 Å². The van der Waals surface area contributed by atoms with Crippen LogP contribution in [0.25, 0.3) is 0 Å². The summed E-state index contributed by atoms with van der Waals surface area (Å²) < 4.78 is 0. The fourth-order valence-corrected chi connectivity index (χ4v) is 5.71. The van der Waals surface area contributed by atoms with Gasteiger partial charge in [-0.2, -0.15) is 0 Å². The molecule has 1 heterocycles. The third-order valence-electron chi connectivity index (χ3n) is 6.25. The highest BCUT2D eigenvalue weighted by Crippen LogP contribution is 2.55. The molecule has 106 valence electrons. The molecule has 0 atom stereocenters. The van der Waals surface area contributed by atoms with Crippen molar-refractivity contribution in [1.29, 1.82) is 0 Å². The average Bonchev–Trinajstić information content (AvgIpc) is 2.33. The number of carbonyl (C=O) groups is 1. The van der Waals surface area contributed by atoms with E-state index in [-0.39, 0.29) is 5.54 Å². The van der Waals surface area contributed by atoms with E-state index in [1.54, 1.807) is 0 Å². The van der Waals surface area contributed by atoms with Gasteiger partial charge >= 0.3 is 0 Å². The fraction of sp³-hybridized carbons (Fsp3) is 0.938. The molecule has 3 nitrogen and oxygen atoms in total. The molecular weight excluding hydrogens is 236 g/mol. The first-order valence-electron chi connectivity index (χ1n) is 8.10. The maximum absolute atomic E-state index is 12.7. The van der Waals surface area contributed by atoms with Crippen molar-refractivity contribution < 1.29 is 4.79 Å². The lowest BCUT2D eigenvalue weighted by atomic mass is 9.53. The van der Waals surface area contributed by atoms with Crippen molar-refractivity contribution in [2.75, 3.05) is 13.1 Å². The number of hydrogen-bond acceptors (Lipinski definition) is 2. The van der Waals surface area contributed by atoms with Crippen LogP contribution in [0, 0.1) is 23.7 Å². The molecule has 5 fully saturated rings. The van der Waals surface area contributed by atoms with Gasteiger partial charge in [0, 0.05) is 19.1 Å². The van der Waals surface area contributed by atoms with E-state index in [0.29, 0.717) is 11.9 Å². The third-order valence-corrected chi connectivity index (χ3v) is 6.25. The first kappa shape index (κ1) is 12.2. The van der Waals surface area contributed by atoms with Crippen molar-refractivity contribution in [2.45, 2.75) is 57.5 Å². The Bertz CT molecular complexity index is 376. The van der Waals surface area contributed by atoms with Crippen molar-refractivity contribution >= 4 is 5.91 Å². The summed E-state index contributed by atoms with van der Waals surface area (Å²) in [5.74, 6) is 3.95. The van der Waals surface area contributed by atoms with E-state index in [9.17, 15) is 4.79 Å². The average molecular weight is 262 g/mol. The van der Waals surface area contributed by atoms with Crippen molar-refractivity contribution in [3.05, 3.63) is 0 Å². The van der Waals surface area contributed by atoms with Crippen LogP contribution in [-0.4, -0.2) is 35.5 Å². The van der Waals surface area contributed by atoms with Gasteiger partial charge in [-0.05, 0) is 69.6 Å². The molecule has 0 aromatic rings. The third kappa shape index (κ3) is 1.77. The molecule has 1 saturated heterocycles. The second-order valence-corrected chi connectivity index (χ2v) is 7.97. The molecule has 5 rings (SSSR count). The van der Waals surface area contributed by atoms with Crippen LogP contribution in [0.15, 0.2) is 0 Å².